The molecule has 1 aromatic rings. The molecule has 3 saturated heterocycles. The highest BCUT2D eigenvalue weighted by Gasteiger charge is 2.46. The van der Waals surface area contributed by atoms with Gasteiger partial charge in [0, 0.05) is 78.7 Å². The molecule has 7 amide bonds. The summed E-state index contributed by atoms with van der Waals surface area (Å²) in [5.74, 6) is -10.00. The molecule has 30 nitrogen and oxygen atoms in total. The van der Waals surface area contributed by atoms with E-state index in [0.717, 1.165) is 11.1 Å². The lowest BCUT2D eigenvalue weighted by molar-refractivity contribution is -0.160. The van der Waals surface area contributed by atoms with Gasteiger partial charge in [0.2, 0.25) is 47.6 Å². The predicted molar refractivity (Wildman–Crippen MR) is 302 cm³/mol. The standard InChI is InChI=1S/C56H83N11O19/c1-4-33(2)49(54(82)60-39-9-8-35-6-5-7-36-26-41(67(50(35)36)55(39)83)53(81)61-40-27-48(78)86-56(40)84-3)62-43(69)32-85-25-16-57-51(79)37(10-12-44(70)71)59-52(80)38(11-13-45(72)73)58-42(68)29-63-17-14-34(15-18-63)28-64-19-21-65(30-46(74)75)23-24-66(22-20-64)31-47(76)77/h5-7,33-34,37-41,49,56H,4,8-32H2,1-3H3,(H,57,79)(H,58,68)(H,59,80)(H,60,82)(H,61,81)(H,62,69)(H,70,71)(H,72,73)(H,74,75)(H,76,77)/t33-,37+,38+,39-,40-,41-,49-,56+/m0/s1. The molecule has 0 aliphatic carbocycles. The number of amides is 7. The molecule has 0 radical (unpaired) electrons. The molecule has 30 heteroatoms. The van der Waals surface area contributed by atoms with Crippen molar-refractivity contribution in [3.8, 4) is 0 Å². The van der Waals surface area contributed by atoms with Crippen molar-refractivity contribution in [1.29, 1.82) is 0 Å². The molecule has 10 N–H and O–H groups in total. The van der Waals surface area contributed by atoms with Crippen molar-refractivity contribution in [3.63, 3.8) is 0 Å². The van der Waals surface area contributed by atoms with Crippen molar-refractivity contribution in [1.82, 2.24) is 51.5 Å². The number of rotatable bonds is 31. The molecule has 6 rings (SSSR count). The van der Waals surface area contributed by atoms with E-state index in [1.807, 2.05) is 30.0 Å². The summed E-state index contributed by atoms with van der Waals surface area (Å²) < 4.78 is 15.9. The van der Waals surface area contributed by atoms with E-state index in [4.69, 9.17) is 14.2 Å². The van der Waals surface area contributed by atoms with Crippen LogP contribution in [0.5, 0.6) is 0 Å². The number of methoxy groups -OCH3 is 1. The van der Waals surface area contributed by atoms with E-state index in [0.29, 0.717) is 90.3 Å². The number of nitrogens with zero attached hydrogens (tertiary/aromatic N) is 5. The van der Waals surface area contributed by atoms with Gasteiger partial charge in [0.1, 0.15) is 42.9 Å². The first-order valence-electron chi connectivity index (χ1n) is 29.3. The Balaban J connectivity index is 0.964. The zero-order valence-corrected chi connectivity index (χ0v) is 49.0. The van der Waals surface area contributed by atoms with Gasteiger partial charge in [0.05, 0.1) is 38.3 Å². The van der Waals surface area contributed by atoms with Crippen LogP contribution >= 0.6 is 0 Å². The second kappa shape index (κ2) is 32.9. The fourth-order valence-electron chi connectivity index (χ4n) is 11.4. The van der Waals surface area contributed by atoms with Gasteiger partial charge < -0.3 is 71.4 Å². The van der Waals surface area contributed by atoms with E-state index in [1.165, 1.54) is 12.0 Å². The zero-order chi connectivity index (χ0) is 62.6. The largest absolute Gasteiger partial charge is 0.481 e. The predicted octanol–water partition coefficient (Wildman–Crippen LogP) is -3.06. The number of carboxylic acids is 4. The minimum absolute atomic E-state index is 0.119. The SMILES string of the molecule is CC[C@H](C)[C@H](NC(=O)COCCNC(=O)[C@@H](CCC(=O)O)NC(=O)[C@@H](CCC(=O)O)NC(=O)CN1CCC(CN2CCN(CC(=O)O)CCN(CC(=O)O)CC2)CC1)C(=O)N[C@H]1CCc2cccc3c2N(C1=O)[C@H](C(=O)N[C@H]1CC(=O)O[C@H]1OC)C3. The summed E-state index contributed by atoms with van der Waals surface area (Å²) in [5, 5.41) is 53.6. The Morgan fingerprint density at radius 3 is 1.86 bits per heavy atom. The van der Waals surface area contributed by atoms with Crippen molar-refractivity contribution < 1.29 is 92.2 Å². The van der Waals surface area contributed by atoms with E-state index in [2.05, 4.69) is 36.8 Å². The Labute approximate surface area is 497 Å². The maximum Gasteiger partial charge on any atom is 0.317 e. The van der Waals surface area contributed by atoms with E-state index in [9.17, 15) is 78.0 Å². The first-order chi connectivity index (χ1) is 41.0. The number of carbonyl (C=O) groups excluding carboxylic acids is 8. The molecule has 1 aromatic carbocycles. The first-order valence-corrected chi connectivity index (χ1v) is 29.3. The normalized spacial score (nSPS) is 22.0. The second-order valence-electron chi connectivity index (χ2n) is 22.5. The molecule has 86 heavy (non-hydrogen) atoms. The van der Waals surface area contributed by atoms with Crippen molar-refractivity contribution in [3.05, 3.63) is 29.3 Å². The van der Waals surface area contributed by atoms with Gasteiger partial charge >= 0.3 is 29.8 Å². The van der Waals surface area contributed by atoms with Gasteiger partial charge in [-0.2, -0.15) is 0 Å². The van der Waals surface area contributed by atoms with Crippen LogP contribution in [0, 0.1) is 11.8 Å². The number of benzene rings is 1. The summed E-state index contributed by atoms with van der Waals surface area (Å²) in [6.45, 7) is 6.78. The average molecular weight is 1210 g/mol. The summed E-state index contributed by atoms with van der Waals surface area (Å²) in [6.07, 6.45) is -0.333. The maximum absolute atomic E-state index is 14.4. The number of hydrogen-bond donors (Lipinski definition) is 10. The third kappa shape index (κ3) is 20.4. The number of esters is 1. The number of carbonyl (C=O) groups is 12. The van der Waals surface area contributed by atoms with Crippen molar-refractivity contribution in [2.24, 2.45) is 11.8 Å². The number of piperidine rings is 1. The summed E-state index contributed by atoms with van der Waals surface area (Å²) in [6, 6.07) is -1.37. The Kier molecular flexibility index (Phi) is 25.9. The number of carboxylic acid groups (broad SMARTS) is 4. The summed E-state index contributed by atoms with van der Waals surface area (Å²) >= 11 is 0. The molecule has 0 unspecified atom stereocenters. The third-order valence-corrected chi connectivity index (χ3v) is 16.2. The Bertz CT molecular complexity index is 2590. The lowest BCUT2D eigenvalue weighted by atomic mass is 9.96. The Hall–Kier alpha value is -7.38. The minimum Gasteiger partial charge on any atom is -0.481 e. The average Bonchev–Trinajstić information content (AvgIpc) is 1.65. The number of anilines is 1. The number of likely N-dealkylation sites (tertiary alicyclic amines) is 1. The van der Waals surface area contributed by atoms with Crippen LogP contribution in [0.3, 0.4) is 0 Å². The summed E-state index contributed by atoms with van der Waals surface area (Å²) in [4.78, 5) is 163. The van der Waals surface area contributed by atoms with Crippen LogP contribution in [0.1, 0.15) is 82.8 Å². The number of hydrogen-bond acceptors (Lipinski definition) is 19. The smallest absolute Gasteiger partial charge is 0.317 e. The molecule has 5 aliphatic rings. The van der Waals surface area contributed by atoms with Gasteiger partial charge in [-0.15, -0.1) is 0 Å². The number of aliphatic carboxylic acids is 4. The summed E-state index contributed by atoms with van der Waals surface area (Å²) in [7, 11) is 1.34. The summed E-state index contributed by atoms with van der Waals surface area (Å²) in [5.41, 5.74) is 2.16. The van der Waals surface area contributed by atoms with Crippen LogP contribution in [-0.2, 0) is 84.6 Å². The molecule has 3 fully saturated rings. The topological polar surface area (TPSA) is 402 Å². The van der Waals surface area contributed by atoms with E-state index >= 15 is 0 Å². The molecule has 476 valence electrons. The Morgan fingerprint density at radius 2 is 1.27 bits per heavy atom. The second-order valence-corrected chi connectivity index (χ2v) is 22.5. The highest BCUT2D eigenvalue weighted by molar-refractivity contribution is 6.08. The molecular formula is C56H83N11O19. The highest BCUT2D eigenvalue weighted by Crippen LogP contribution is 2.39. The minimum atomic E-state index is -1.45. The van der Waals surface area contributed by atoms with Crippen LogP contribution < -0.4 is 36.8 Å². The fraction of sp³-hybridized carbons (Fsp3) is 0.679. The molecule has 0 spiro atoms. The number of para-hydroxylation sites is 1. The number of aryl methyl sites for hydroxylation is 1. The molecule has 0 saturated carbocycles. The van der Waals surface area contributed by atoms with Gasteiger partial charge in [-0.1, -0.05) is 38.5 Å². The van der Waals surface area contributed by atoms with Crippen LogP contribution in [0.4, 0.5) is 5.69 Å². The van der Waals surface area contributed by atoms with Gasteiger partial charge in [-0.3, -0.25) is 77.1 Å². The van der Waals surface area contributed by atoms with Crippen LogP contribution in [-0.4, -0.2) is 259 Å². The fourth-order valence-corrected chi connectivity index (χ4v) is 11.4. The lowest BCUT2D eigenvalue weighted by Crippen LogP contribution is -2.59. The molecule has 0 aromatic heterocycles. The highest BCUT2D eigenvalue weighted by atomic mass is 16.7. The molecule has 5 aliphatic heterocycles. The van der Waals surface area contributed by atoms with E-state index < -0.39 is 139 Å². The van der Waals surface area contributed by atoms with Gasteiger partial charge in [-0.05, 0) is 74.6 Å². The van der Waals surface area contributed by atoms with E-state index in [-0.39, 0.29) is 70.8 Å². The zero-order valence-electron chi connectivity index (χ0n) is 49.0. The van der Waals surface area contributed by atoms with E-state index in [1.54, 1.807) is 16.7 Å². The van der Waals surface area contributed by atoms with Crippen LogP contribution in [0.15, 0.2) is 18.2 Å². The third-order valence-electron chi connectivity index (χ3n) is 16.2. The van der Waals surface area contributed by atoms with Gasteiger partial charge in [0.25, 0.3) is 0 Å². The van der Waals surface area contributed by atoms with Crippen molar-refractivity contribution >= 4 is 76.9 Å². The van der Waals surface area contributed by atoms with Crippen LogP contribution in [0.2, 0.25) is 0 Å². The molecule has 0 bridgehead atoms. The number of nitrogens with one attached hydrogen (secondary N) is 6. The molecular weight excluding hydrogens is 1130 g/mol. The van der Waals surface area contributed by atoms with Gasteiger partial charge in [0.15, 0.2) is 0 Å². The Morgan fingerprint density at radius 1 is 0.674 bits per heavy atom. The van der Waals surface area contributed by atoms with Gasteiger partial charge in [-0.25, -0.2) is 0 Å². The van der Waals surface area contributed by atoms with Crippen molar-refractivity contribution in [2.45, 2.75) is 127 Å². The number of ether oxygens (including phenoxy) is 3. The monoisotopic (exact) mass is 1210 g/mol. The molecule has 8 atom stereocenters. The van der Waals surface area contributed by atoms with Crippen molar-refractivity contribution in [2.75, 3.05) is 110 Å². The lowest BCUT2D eigenvalue weighted by Gasteiger charge is -2.35. The first kappa shape index (κ1) is 67.7. The number of cyclic esters (lactones) is 1. The molecule has 5 heterocycles. The quantitative estimate of drug-likeness (QED) is 0.0261. The maximum atomic E-state index is 14.4. The van der Waals surface area contributed by atoms with Crippen LogP contribution in [0.25, 0.3) is 0 Å².